The summed E-state index contributed by atoms with van der Waals surface area (Å²) in [6.45, 7) is 0. The highest BCUT2D eigenvalue weighted by Crippen LogP contribution is 2.27. The van der Waals surface area contributed by atoms with Crippen LogP contribution in [0.5, 0.6) is 0 Å². The van der Waals surface area contributed by atoms with E-state index in [0.717, 1.165) is 22.8 Å². The van der Waals surface area contributed by atoms with E-state index in [2.05, 4.69) is 24.4 Å². The van der Waals surface area contributed by atoms with Crippen molar-refractivity contribution in [3.05, 3.63) is 71.2 Å². The lowest BCUT2D eigenvalue weighted by atomic mass is 10.2. The Morgan fingerprint density at radius 1 is 0.968 bits per heavy atom. The van der Waals surface area contributed by atoms with Crippen LogP contribution in [-0.2, 0) is 0 Å². The topological polar surface area (TPSA) is 92.9 Å². The van der Waals surface area contributed by atoms with Crippen LogP contribution in [0.4, 0.5) is 5.69 Å². The third-order valence-electron chi connectivity index (χ3n) is 4.48. The van der Waals surface area contributed by atoms with Gasteiger partial charge in [-0.3, -0.25) is 10.1 Å². The van der Waals surface area contributed by atoms with Crippen molar-refractivity contribution in [1.29, 1.82) is 0 Å². The third kappa shape index (κ3) is 4.11. The van der Waals surface area contributed by atoms with Crippen molar-refractivity contribution in [2.45, 2.75) is 0 Å². The van der Waals surface area contributed by atoms with E-state index in [1.54, 1.807) is 48.5 Å². The molecule has 2 N–H and O–H groups in total. The zero-order valence-corrected chi connectivity index (χ0v) is 18.0. The smallest absolute Gasteiger partial charge is 0.257 e. The van der Waals surface area contributed by atoms with E-state index in [9.17, 15) is 4.79 Å². The van der Waals surface area contributed by atoms with E-state index in [-0.39, 0.29) is 11.0 Å². The van der Waals surface area contributed by atoms with Crippen molar-refractivity contribution >= 4 is 74.4 Å². The van der Waals surface area contributed by atoms with Crippen LogP contribution in [0.2, 0.25) is 5.02 Å². The largest absolute Gasteiger partial charge is 0.436 e. The highest BCUT2D eigenvalue weighted by atomic mass is 35.5. The van der Waals surface area contributed by atoms with Crippen molar-refractivity contribution in [2.24, 2.45) is 0 Å². The molecule has 2 heterocycles. The van der Waals surface area contributed by atoms with Gasteiger partial charge in [0.2, 0.25) is 5.89 Å². The number of hydrogen-bond acceptors (Lipinski definition) is 7. The van der Waals surface area contributed by atoms with E-state index in [1.807, 2.05) is 12.1 Å². The highest BCUT2D eigenvalue weighted by Gasteiger charge is 2.12. The first-order valence-electron chi connectivity index (χ1n) is 9.06. The number of fused-ring (bicyclic) bond motifs is 2. The molecule has 0 bridgehead atoms. The molecule has 7 nitrogen and oxygen atoms in total. The number of nitrogens with zero attached hydrogens (tertiary/aromatic N) is 3. The summed E-state index contributed by atoms with van der Waals surface area (Å²) in [4.78, 5) is 17.0. The Kier molecular flexibility index (Phi) is 5.06. The van der Waals surface area contributed by atoms with Gasteiger partial charge in [0.15, 0.2) is 10.7 Å². The number of aromatic nitrogens is 3. The molecular weight excluding hydrogens is 454 g/mol. The van der Waals surface area contributed by atoms with E-state index >= 15 is 0 Å². The maximum atomic E-state index is 12.5. The van der Waals surface area contributed by atoms with E-state index in [1.165, 1.54) is 0 Å². The molecule has 10 heteroatoms. The number of benzene rings is 3. The molecule has 0 aliphatic carbocycles. The van der Waals surface area contributed by atoms with Crippen molar-refractivity contribution in [2.75, 3.05) is 5.32 Å². The fourth-order valence-electron chi connectivity index (χ4n) is 2.98. The van der Waals surface area contributed by atoms with Gasteiger partial charge in [-0.25, -0.2) is 4.98 Å². The van der Waals surface area contributed by atoms with Gasteiger partial charge in [0.05, 0.1) is 11.7 Å². The van der Waals surface area contributed by atoms with Gasteiger partial charge < -0.3 is 9.73 Å². The fraction of sp³-hybridized carbons (Fsp3) is 0. The van der Waals surface area contributed by atoms with Crippen molar-refractivity contribution in [3.63, 3.8) is 0 Å². The van der Waals surface area contributed by atoms with Crippen LogP contribution in [0.15, 0.2) is 65.1 Å². The zero-order chi connectivity index (χ0) is 21.4. The van der Waals surface area contributed by atoms with E-state index < -0.39 is 0 Å². The Bertz CT molecular complexity index is 1450. The average molecular weight is 466 g/mol. The van der Waals surface area contributed by atoms with Crippen LogP contribution in [0.25, 0.3) is 33.6 Å². The first-order chi connectivity index (χ1) is 15.0. The quantitative estimate of drug-likeness (QED) is 0.350. The molecule has 5 rings (SSSR count). The Hall–Kier alpha value is -3.40. The molecule has 0 aliphatic rings. The summed E-state index contributed by atoms with van der Waals surface area (Å²) in [7, 11) is 0. The van der Waals surface area contributed by atoms with Crippen LogP contribution < -0.4 is 10.6 Å². The highest BCUT2D eigenvalue weighted by molar-refractivity contribution is 7.80. The van der Waals surface area contributed by atoms with Gasteiger partial charge in [-0.05, 0) is 72.9 Å². The number of rotatable bonds is 3. The average Bonchev–Trinajstić information content (AvgIpc) is 3.40. The number of oxazole rings is 1. The standard InChI is InChI=1S/C21H12ClN5O2S2/c22-13-4-1-11(2-5-13)20-24-17-10-14(6-8-18(17)29-20)23-21(30)25-19(28)12-3-7-15-16(9-12)27-31-26-15/h1-10H,(H2,23,25,28,30). The second-order valence-electron chi connectivity index (χ2n) is 6.58. The SMILES string of the molecule is O=C(NC(=S)Nc1ccc2oc(-c3ccc(Cl)cc3)nc2c1)c1ccc2nsnc2c1. The molecule has 0 radical (unpaired) electrons. The van der Waals surface area contributed by atoms with Crippen molar-refractivity contribution in [3.8, 4) is 11.5 Å². The monoisotopic (exact) mass is 465 g/mol. The molecule has 1 amide bonds. The summed E-state index contributed by atoms with van der Waals surface area (Å²) in [6, 6.07) is 17.7. The number of nitrogens with one attached hydrogen (secondary N) is 2. The molecule has 0 atom stereocenters. The van der Waals surface area contributed by atoms with E-state index in [4.69, 9.17) is 28.2 Å². The van der Waals surface area contributed by atoms with Gasteiger partial charge in [-0.15, -0.1) is 0 Å². The summed E-state index contributed by atoms with van der Waals surface area (Å²) in [5, 5.41) is 6.48. The minimum atomic E-state index is -0.333. The van der Waals surface area contributed by atoms with Crippen LogP contribution in [0.1, 0.15) is 10.4 Å². The van der Waals surface area contributed by atoms with E-state index in [0.29, 0.717) is 38.8 Å². The van der Waals surface area contributed by atoms with Crippen molar-refractivity contribution in [1.82, 2.24) is 19.0 Å². The molecule has 5 aromatic rings. The zero-order valence-electron chi connectivity index (χ0n) is 15.6. The molecule has 0 saturated carbocycles. The summed E-state index contributed by atoms with van der Waals surface area (Å²) < 4.78 is 14.1. The maximum Gasteiger partial charge on any atom is 0.257 e. The van der Waals surface area contributed by atoms with Gasteiger partial charge in [-0.1, -0.05) is 11.6 Å². The molecule has 0 spiro atoms. The Balaban J connectivity index is 1.30. The predicted octanol–water partition coefficient (Wildman–Crippen LogP) is 5.28. The lowest BCUT2D eigenvalue weighted by Crippen LogP contribution is -2.34. The number of thiocarbonyl (C=S) groups is 1. The maximum absolute atomic E-state index is 12.5. The molecule has 152 valence electrons. The minimum Gasteiger partial charge on any atom is -0.436 e. The number of anilines is 1. The first kappa shape index (κ1) is 19.6. The normalized spacial score (nSPS) is 11.0. The van der Waals surface area contributed by atoms with Gasteiger partial charge in [0, 0.05) is 21.8 Å². The Labute approximate surface area is 190 Å². The van der Waals surface area contributed by atoms with Gasteiger partial charge in [0.1, 0.15) is 16.6 Å². The Morgan fingerprint density at radius 3 is 2.61 bits per heavy atom. The number of carbonyl (C=O) groups excluding carboxylic acids is 1. The minimum absolute atomic E-state index is 0.169. The Morgan fingerprint density at radius 2 is 1.77 bits per heavy atom. The van der Waals surface area contributed by atoms with Crippen LogP contribution >= 0.6 is 35.5 Å². The lowest BCUT2D eigenvalue weighted by Gasteiger charge is -2.09. The number of hydrogen-bond donors (Lipinski definition) is 2. The first-order valence-corrected chi connectivity index (χ1v) is 10.6. The molecular formula is C21H12ClN5O2S2. The van der Waals surface area contributed by atoms with Gasteiger partial charge >= 0.3 is 0 Å². The fourth-order valence-corrected chi connectivity index (χ4v) is 3.84. The van der Waals surface area contributed by atoms with Crippen LogP contribution in [0, 0.1) is 0 Å². The molecule has 0 aliphatic heterocycles. The van der Waals surface area contributed by atoms with Gasteiger partial charge in [0.25, 0.3) is 5.91 Å². The van der Waals surface area contributed by atoms with Crippen LogP contribution in [0.3, 0.4) is 0 Å². The molecule has 0 fully saturated rings. The number of carbonyl (C=O) groups is 1. The predicted molar refractivity (Wildman–Crippen MR) is 126 cm³/mol. The van der Waals surface area contributed by atoms with Gasteiger partial charge in [-0.2, -0.15) is 8.75 Å². The summed E-state index contributed by atoms with van der Waals surface area (Å²) >= 11 is 12.3. The lowest BCUT2D eigenvalue weighted by molar-refractivity contribution is 0.0978. The number of halogens is 1. The molecule has 0 unspecified atom stereocenters. The molecule has 0 saturated heterocycles. The third-order valence-corrected chi connectivity index (χ3v) is 5.49. The molecule has 2 aromatic heterocycles. The second-order valence-corrected chi connectivity index (χ2v) is 7.96. The summed E-state index contributed by atoms with van der Waals surface area (Å²) in [5.74, 6) is 0.159. The molecule has 3 aromatic carbocycles. The van der Waals surface area contributed by atoms with Crippen molar-refractivity contribution < 1.29 is 9.21 Å². The van der Waals surface area contributed by atoms with Crippen LogP contribution in [-0.4, -0.2) is 24.8 Å². The summed E-state index contributed by atoms with van der Waals surface area (Å²) in [5.41, 5.74) is 4.66. The second kappa shape index (κ2) is 8.03. The summed E-state index contributed by atoms with van der Waals surface area (Å²) in [6.07, 6.45) is 0. The number of amides is 1. The molecule has 31 heavy (non-hydrogen) atoms.